The summed E-state index contributed by atoms with van der Waals surface area (Å²) in [5.74, 6) is -0.0337. The van der Waals surface area contributed by atoms with Gasteiger partial charge in [0.25, 0.3) is 0 Å². The lowest BCUT2D eigenvalue weighted by molar-refractivity contribution is -0.126. The normalized spacial score (nSPS) is 26.1. The van der Waals surface area contributed by atoms with Crippen LogP contribution in [0.2, 0.25) is 0 Å². The van der Waals surface area contributed by atoms with Crippen LogP contribution in [-0.2, 0) is 4.79 Å². The Kier molecular flexibility index (Phi) is 2.60. The molecule has 2 unspecified atom stereocenters. The largest absolute Gasteiger partial charge is 0.398 e. The summed E-state index contributed by atoms with van der Waals surface area (Å²) in [5.41, 5.74) is 7.19. The molecule has 4 N–H and O–H groups in total. The monoisotopic (exact) mass is 206 g/mol. The Balaban J connectivity index is 2.29. The Bertz CT molecular complexity index is 379. The lowest BCUT2D eigenvalue weighted by atomic mass is 9.93. The number of para-hydroxylation sites is 1. The Morgan fingerprint density at radius 2 is 2.13 bits per heavy atom. The summed E-state index contributed by atoms with van der Waals surface area (Å²) in [5, 5.41) is 12.5. The van der Waals surface area contributed by atoms with Crippen LogP contribution in [0.1, 0.15) is 24.4 Å². The molecule has 0 saturated carbocycles. The molecule has 1 aliphatic rings. The number of amides is 1. The quantitative estimate of drug-likeness (QED) is 0.588. The molecule has 0 spiro atoms. The SMILES string of the molecule is Nc1ccccc1C1NC(=O)CCC1O. The standard InChI is InChI=1S/C11H14N2O2/c12-8-4-2-1-3-7(8)11-9(14)5-6-10(15)13-11/h1-4,9,11,14H,5-6,12H2,(H,13,15). The van der Waals surface area contributed by atoms with Crippen molar-refractivity contribution in [2.24, 2.45) is 0 Å². The first-order valence-electron chi connectivity index (χ1n) is 5.00. The number of nitrogen functional groups attached to an aromatic ring is 1. The fourth-order valence-corrected chi connectivity index (χ4v) is 1.87. The first-order chi connectivity index (χ1) is 7.18. The average Bonchev–Trinajstić information content (AvgIpc) is 2.23. The lowest BCUT2D eigenvalue weighted by Gasteiger charge is -2.29. The topological polar surface area (TPSA) is 75.3 Å². The molecule has 0 aromatic heterocycles. The third-order valence-corrected chi connectivity index (χ3v) is 2.70. The Morgan fingerprint density at radius 3 is 2.87 bits per heavy atom. The van der Waals surface area contributed by atoms with Gasteiger partial charge in [-0.05, 0) is 18.1 Å². The number of carbonyl (C=O) groups excluding carboxylic acids is 1. The van der Waals surface area contributed by atoms with Crippen LogP contribution in [0.3, 0.4) is 0 Å². The van der Waals surface area contributed by atoms with Crippen molar-refractivity contribution >= 4 is 11.6 Å². The van der Waals surface area contributed by atoms with E-state index in [4.69, 9.17) is 5.73 Å². The van der Waals surface area contributed by atoms with Crippen molar-refractivity contribution in [2.75, 3.05) is 5.73 Å². The van der Waals surface area contributed by atoms with Crippen LogP contribution in [0, 0.1) is 0 Å². The highest BCUT2D eigenvalue weighted by molar-refractivity contribution is 5.77. The molecule has 1 aliphatic heterocycles. The number of piperidine rings is 1. The van der Waals surface area contributed by atoms with Crippen LogP contribution < -0.4 is 11.1 Å². The first kappa shape index (κ1) is 9.98. The van der Waals surface area contributed by atoms with Gasteiger partial charge in [0.2, 0.25) is 5.91 Å². The zero-order valence-electron chi connectivity index (χ0n) is 8.31. The van der Waals surface area contributed by atoms with E-state index in [-0.39, 0.29) is 11.9 Å². The smallest absolute Gasteiger partial charge is 0.220 e. The second-order valence-corrected chi connectivity index (χ2v) is 3.78. The van der Waals surface area contributed by atoms with E-state index in [0.717, 1.165) is 5.56 Å². The van der Waals surface area contributed by atoms with Gasteiger partial charge in [0, 0.05) is 12.1 Å². The molecular weight excluding hydrogens is 192 g/mol. The van der Waals surface area contributed by atoms with E-state index in [2.05, 4.69) is 5.32 Å². The molecule has 1 fully saturated rings. The van der Waals surface area contributed by atoms with Crippen LogP contribution in [0.25, 0.3) is 0 Å². The Hall–Kier alpha value is -1.55. The van der Waals surface area contributed by atoms with Gasteiger partial charge in [-0.15, -0.1) is 0 Å². The minimum absolute atomic E-state index is 0.0337. The van der Waals surface area contributed by atoms with Gasteiger partial charge in [-0.25, -0.2) is 0 Å². The van der Waals surface area contributed by atoms with E-state index >= 15 is 0 Å². The Morgan fingerprint density at radius 1 is 1.40 bits per heavy atom. The average molecular weight is 206 g/mol. The number of hydrogen-bond acceptors (Lipinski definition) is 3. The number of nitrogens with one attached hydrogen (secondary N) is 1. The van der Waals surface area contributed by atoms with Crippen molar-refractivity contribution in [2.45, 2.75) is 25.0 Å². The van der Waals surface area contributed by atoms with Crippen LogP contribution in [0.4, 0.5) is 5.69 Å². The highest BCUT2D eigenvalue weighted by atomic mass is 16.3. The third-order valence-electron chi connectivity index (χ3n) is 2.70. The second kappa shape index (κ2) is 3.90. The number of nitrogens with two attached hydrogens (primary N) is 1. The predicted molar refractivity (Wildman–Crippen MR) is 57.0 cm³/mol. The number of rotatable bonds is 1. The molecule has 1 aromatic carbocycles. The summed E-state index contributed by atoms with van der Waals surface area (Å²) in [6.45, 7) is 0. The van der Waals surface area contributed by atoms with E-state index in [1.807, 2.05) is 18.2 Å². The van der Waals surface area contributed by atoms with Gasteiger partial charge in [-0.2, -0.15) is 0 Å². The fraction of sp³-hybridized carbons (Fsp3) is 0.364. The molecule has 0 aliphatic carbocycles. The first-order valence-corrected chi connectivity index (χ1v) is 5.00. The molecule has 1 amide bonds. The number of carbonyl (C=O) groups is 1. The molecule has 1 aromatic rings. The summed E-state index contributed by atoms with van der Waals surface area (Å²) in [4.78, 5) is 11.2. The number of hydrogen-bond donors (Lipinski definition) is 3. The van der Waals surface area contributed by atoms with Crippen molar-refractivity contribution in [3.63, 3.8) is 0 Å². The Labute approximate surface area is 88.1 Å². The maximum Gasteiger partial charge on any atom is 0.220 e. The zero-order chi connectivity index (χ0) is 10.8. The van der Waals surface area contributed by atoms with Gasteiger partial charge >= 0.3 is 0 Å². The maximum atomic E-state index is 11.2. The molecular formula is C11H14N2O2. The van der Waals surface area contributed by atoms with Gasteiger partial charge in [0.1, 0.15) is 0 Å². The molecule has 1 saturated heterocycles. The van der Waals surface area contributed by atoms with E-state index in [9.17, 15) is 9.90 Å². The highest BCUT2D eigenvalue weighted by Crippen LogP contribution is 2.27. The van der Waals surface area contributed by atoms with Crippen molar-refractivity contribution in [1.29, 1.82) is 0 Å². The molecule has 4 nitrogen and oxygen atoms in total. The van der Waals surface area contributed by atoms with Gasteiger partial charge < -0.3 is 16.2 Å². The number of aliphatic hydroxyl groups excluding tert-OH is 1. The zero-order valence-corrected chi connectivity index (χ0v) is 8.31. The highest BCUT2D eigenvalue weighted by Gasteiger charge is 2.29. The lowest BCUT2D eigenvalue weighted by Crippen LogP contribution is -2.41. The van der Waals surface area contributed by atoms with Gasteiger partial charge in [-0.3, -0.25) is 4.79 Å². The van der Waals surface area contributed by atoms with Gasteiger partial charge in [0.15, 0.2) is 0 Å². The molecule has 80 valence electrons. The fourth-order valence-electron chi connectivity index (χ4n) is 1.87. The maximum absolute atomic E-state index is 11.2. The van der Waals surface area contributed by atoms with Crippen LogP contribution >= 0.6 is 0 Å². The summed E-state index contributed by atoms with van der Waals surface area (Å²) in [6.07, 6.45) is 0.322. The van der Waals surface area contributed by atoms with Crippen molar-refractivity contribution in [3.8, 4) is 0 Å². The van der Waals surface area contributed by atoms with E-state index in [1.54, 1.807) is 6.07 Å². The second-order valence-electron chi connectivity index (χ2n) is 3.78. The minimum atomic E-state index is -0.549. The van der Waals surface area contributed by atoms with Crippen molar-refractivity contribution in [1.82, 2.24) is 5.32 Å². The van der Waals surface area contributed by atoms with Gasteiger partial charge in [-0.1, -0.05) is 18.2 Å². The molecule has 0 bridgehead atoms. The van der Waals surface area contributed by atoms with E-state index in [1.165, 1.54) is 0 Å². The molecule has 4 heteroatoms. The predicted octanol–water partition coefficient (Wildman–Crippen LogP) is 0.581. The summed E-state index contributed by atoms with van der Waals surface area (Å²) in [6, 6.07) is 6.90. The molecule has 0 radical (unpaired) electrons. The molecule has 15 heavy (non-hydrogen) atoms. The van der Waals surface area contributed by atoms with E-state index < -0.39 is 6.10 Å². The molecule has 2 rings (SSSR count). The number of anilines is 1. The third kappa shape index (κ3) is 1.94. The van der Waals surface area contributed by atoms with Crippen LogP contribution in [-0.4, -0.2) is 17.1 Å². The van der Waals surface area contributed by atoms with Gasteiger partial charge in [0.05, 0.1) is 12.1 Å². The summed E-state index contributed by atoms with van der Waals surface area (Å²) in [7, 11) is 0. The minimum Gasteiger partial charge on any atom is -0.398 e. The summed E-state index contributed by atoms with van der Waals surface area (Å²) >= 11 is 0. The van der Waals surface area contributed by atoms with Crippen LogP contribution in [0.15, 0.2) is 24.3 Å². The number of aliphatic hydroxyl groups is 1. The van der Waals surface area contributed by atoms with Crippen LogP contribution in [0.5, 0.6) is 0 Å². The summed E-state index contributed by atoms with van der Waals surface area (Å²) < 4.78 is 0. The van der Waals surface area contributed by atoms with E-state index in [0.29, 0.717) is 18.5 Å². The number of benzene rings is 1. The molecule has 1 heterocycles. The van der Waals surface area contributed by atoms with Crippen molar-refractivity contribution in [3.05, 3.63) is 29.8 Å². The molecule has 2 atom stereocenters. The van der Waals surface area contributed by atoms with Crippen molar-refractivity contribution < 1.29 is 9.90 Å².